The van der Waals surface area contributed by atoms with Crippen LogP contribution in [0.15, 0.2) is 23.0 Å². The lowest BCUT2D eigenvalue weighted by atomic mass is 10.1. The number of aromatic nitrogens is 4. The maximum Gasteiger partial charge on any atom is 0.282 e. The van der Waals surface area contributed by atoms with Crippen LogP contribution < -0.4 is 10.7 Å². The first-order valence-corrected chi connectivity index (χ1v) is 8.31. The summed E-state index contributed by atoms with van der Waals surface area (Å²) in [5, 5.41) is 16.3. The van der Waals surface area contributed by atoms with Gasteiger partial charge >= 0.3 is 0 Å². The zero-order chi connectivity index (χ0) is 17.4. The summed E-state index contributed by atoms with van der Waals surface area (Å²) in [5.41, 5.74) is 1.08. The van der Waals surface area contributed by atoms with Crippen molar-refractivity contribution in [2.24, 2.45) is 7.05 Å². The molecular weight excluding hydrogens is 326 g/mol. The number of hydrogen-bond donors (Lipinski definition) is 1. The minimum Gasteiger partial charge on any atom is -0.295 e. The van der Waals surface area contributed by atoms with E-state index in [9.17, 15) is 9.59 Å². The molecule has 2 aromatic heterocycles. The fraction of sp³-hybridized carbons (Fsp3) is 0.312. The van der Waals surface area contributed by atoms with Gasteiger partial charge in [-0.05, 0) is 19.1 Å². The summed E-state index contributed by atoms with van der Waals surface area (Å²) in [5.74, 6) is -0.353. The molecule has 1 aromatic carbocycles. The fourth-order valence-corrected chi connectivity index (χ4v) is 3.05. The van der Waals surface area contributed by atoms with Crippen molar-refractivity contribution in [3.05, 3.63) is 44.7 Å². The van der Waals surface area contributed by atoms with Gasteiger partial charge in [0.1, 0.15) is 5.01 Å². The van der Waals surface area contributed by atoms with E-state index in [4.69, 9.17) is 0 Å². The predicted octanol–water partition coefficient (Wildman–Crippen LogP) is 2.47. The summed E-state index contributed by atoms with van der Waals surface area (Å²) < 4.78 is 1.53. The van der Waals surface area contributed by atoms with Gasteiger partial charge in [-0.1, -0.05) is 36.8 Å². The Balaban J connectivity index is 2.00. The van der Waals surface area contributed by atoms with Gasteiger partial charge in [0.2, 0.25) is 10.6 Å². The van der Waals surface area contributed by atoms with Crippen molar-refractivity contribution in [1.82, 2.24) is 20.0 Å². The minimum absolute atomic E-state index is 0.156. The Bertz CT molecular complexity index is 990. The van der Waals surface area contributed by atoms with E-state index in [0.29, 0.717) is 16.0 Å². The van der Waals surface area contributed by atoms with E-state index in [1.165, 1.54) is 16.0 Å². The molecule has 0 fully saturated rings. The first-order chi connectivity index (χ1) is 11.4. The molecule has 0 aliphatic carbocycles. The van der Waals surface area contributed by atoms with Gasteiger partial charge in [0.25, 0.3) is 5.91 Å². The molecule has 1 N–H and O–H groups in total. The number of rotatable bonds is 3. The molecule has 7 nitrogen and oxygen atoms in total. The zero-order valence-electron chi connectivity index (χ0n) is 13.8. The Morgan fingerprint density at radius 3 is 2.71 bits per heavy atom. The second-order valence-electron chi connectivity index (χ2n) is 5.88. The maximum atomic E-state index is 12.6. The highest BCUT2D eigenvalue weighted by atomic mass is 32.1. The quantitative estimate of drug-likeness (QED) is 0.789. The average Bonchev–Trinajstić information content (AvgIpc) is 2.99. The normalized spacial score (nSPS) is 11.2. The van der Waals surface area contributed by atoms with Crippen LogP contribution in [0.2, 0.25) is 0 Å². The standard InChI is InChI=1S/C16H17N5O2S/c1-8(2)15-18-19-16(24-15)17-14(23)12-13(22)10-7-9(3)5-6-11(10)21(4)20-12/h5-8H,1-4H3,(H,17,19,23). The van der Waals surface area contributed by atoms with Crippen molar-refractivity contribution < 1.29 is 4.79 Å². The van der Waals surface area contributed by atoms with E-state index < -0.39 is 11.3 Å². The third kappa shape index (κ3) is 2.92. The average molecular weight is 343 g/mol. The van der Waals surface area contributed by atoms with Crippen LogP contribution in [0.5, 0.6) is 0 Å². The van der Waals surface area contributed by atoms with Crippen LogP contribution in [0.3, 0.4) is 0 Å². The van der Waals surface area contributed by atoms with Crippen LogP contribution in [0.1, 0.15) is 40.8 Å². The molecular formula is C16H17N5O2S. The van der Waals surface area contributed by atoms with Gasteiger partial charge in [0.05, 0.1) is 10.9 Å². The van der Waals surface area contributed by atoms with Crippen LogP contribution in [-0.2, 0) is 7.05 Å². The van der Waals surface area contributed by atoms with Crippen molar-refractivity contribution in [3.8, 4) is 0 Å². The van der Waals surface area contributed by atoms with E-state index in [2.05, 4.69) is 20.6 Å². The number of hydrogen-bond acceptors (Lipinski definition) is 6. The molecule has 0 saturated carbocycles. The summed E-state index contributed by atoms with van der Waals surface area (Å²) in [4.78, 5) is 25.1. The summed E-state index contributed by atoms with van der Waals surface area (Å²) in [6.07, 6.45) is 0. The molecule has 0 spiro atoms. The molecule has 3 rings (SSSR count). The number of fused-ring (bicyclic) bond motifs is 1. The molecule has 3 aromatic rings. The highest BCUT2D eigenvalue weighted by Crippen LogP contribution is 2.22. The molecule has 0 aliphatic heterocycles. The van der Waals surface area contributed by atoms with Crippen LogP contribution in [0.25, 0.3) is 10.9 Å². The number of benzene rings is 1. The summed E-state index contributed by atoms with van der Waals surface area (Å²) >= 11 is 1.29. The maximum absolute atomic E-state index is 12.6. The Hall–Kier alpha value is -2.61. The van der Waals surface area contributed by atoms with Gasteiger partial charge in [-0.15, -0.1) is 10.2 Å². The van der Waals surface area contributed by atoms with Crippen molar-refractivity contribution in [1.29, 1.82) is 0 Å². The van der Waals surface area contributed by atoms with E-state index in [-0.39, 0.29) is 11.6 Å². The first-order valence-electron chi connectivity index (χ1n) is 7.49. The third-order valence-corrected chi connectivity index (χ3v) is 4.72. The lowest BCUT2D eigenvalue weighted by Crippen LogP contribution is -2.26. The highest BCUT2D eigenvalue weighted by molar-refractivity contribution is 7.15. The molecule has 0 atom stereocenters. The Morgan fingerprint density at radius 2 is 2.04 bits per heavy atom. The number of nitrogens with one attached hydrogen (secondary N) is 1. The van der Waals surface area contributed by atoms with E-state index in [1.807, 2.05) is 32.9 Å². The molecule has 1 amide bonds. The van der Waals surface area contributed by atoms with Gasteiger partial charge < -0.3 is 0 Å². The minimum atomic E-state index is -0.578. The molecule has 0 unspecified atom stereocenters. The van der Waals surface area contributed by atoms with Crippen molar-refractivity contribution in [2.75, 3.05) is 5.32 Å². The van der Waals surface area contributed by atoms with Gasteiger partial charge in [0.15, 0.2) is 5.69 Å². The smallest absolute Gasteiger partial charge is 0.282 e. The second kappa shape index (κ2) is 6.12. The van der Waals surface area contributed by atoms with Gasteiger partial charge in [0, 0.05) is 13.0 Å². The Kier molecular flexibility index (Phi) is 4.15. The second-order valence-corrected chi connectivity index (χ2v) is 6.89. The van der Waals surface area contributed by atoms with Crippen LogP contribution >= 0.6 is 11.3 Å². The summed E-state index contributed by atoms with van der Waals surface area (Å²) in [7, 11) is 1.70. The summed E-state index contributed by atoms with van der Waals surface area (Å²) in [6, 6.07) is 5.48. The molecule has 0 radical (unpaired) electrons. The van der Waals surface area contributed by atoms with Crippen LogP contribution in [-0.4, -0.2) is 25.9 Å². The monoisotopic (exact) mass is 343 g/mol. The van der Waals surface area contributed by atoms with E-state index in [1.54, 1.807) is 13.1 Å². The van der Waals surface area contributed by atoms with Crippen molar-refractivity contribution in [2.45, 2.75) is 26.7 Å². The molecule has 2 heterocycles. The van der Waals surface area contributed by atoms with E-state index in [0.717, 1.165) is 10.6 Å². The highest BCUT2D eigenvalue weighted by Gasteiger charge is 2.18. The predicted molar refractivity (Wildman–Crippen MR) is 93.7 cm³/mol. The van der Waals surface area contributed by atoms with Gasteiger partial charge in [-0.2, -0.15) is 5.10 Å². The van der Waals surface area contributed by atoms with Crippen molar-refractivity contribution >= 4 is 33.3 Å². The number of amides is 1. The van der Waals surface area contributed by atoms with Crippen molar-refractivity contribution in [3.63, 3.8) is 0 Å². The lowest BCUT2D eigenvalue weighted by Gasteiger charge is -2.08. The molecule has 8 heteroatoms. The molecule has 124 valence electrons. The number of nitrogens with zero attached hydrogens (tertiary/aromatic N) is 4. The topological polar surface area (TPSA) is 89.8 Å². The van der Waals surface area contributed by atoms with Gasteiger partial charge in [-0.3, -0.25) is 19.6 Å². The van der Waals surface area contributed by atoms with Crippen LogP contribution in [0.4, 0.5) is 5.13 Å². The first kappa shape index (κ1) is 16.3. The van der Waals surface area contributed by atoms with Gasteiger partial charge in [-0.25, -0.2) is 0 Å². The van der Waals surface area contributed by atoms with E-state index >= 15 is 0 Å². The molecule has 0 saturated heterocycles. The number of carbonyl (C=O) groups excluding carboxylic acids is 1. The van der Waals surface area contributed by atoms with Crippen LogP contribution in [0, 0.1) is 6.92 Å². The molecule has 0 aliphatic rings. The Labute approximate surface area is 142 Å². The SMILES string of the molecule is Cc1ccc2c(c1)c(=O)c(C(=O)Nc1nnc(C(C)C)s1)nn2C. The number of carbonyl (C=O) groups is 1. The lowest BCUT2D eigenvalue weighted by molar-refractivity contribution is 0.101. The zero-order valence-corrected chi connectivity index (χ0v) is 14.6. The number of aryl methyl sites for hydroxylation is 2. The number of anilines is 1. The fourth-order valence-electron chi connectivity index (χ4n) is 2.31. The summed E-state index contributed by atoms with van der Waals surface area (Å²) in [6.45, 7) is 5.89. The Morgan fingerprint density at radius 1 is 1.29 bits per heavy atom. The molecule has 0 bridgehead atoms. The molecule has 24 heavy (non-hydrogen) atoms. The largest absolute Gasteiger partial charge is 0.295 e. The third-order valence-electron chi connectivity index (χ3n) is 3.58.